The van der Waals surface area contributed by atoms with Crippen molar-refractivity contribution in [1.82, 2.24) is 0 Å². The van der Waals surface area contributed by atoms with E-state index in [0.29, 0.717) is 5.56 Å². The van der Waals surface area contributed by atoms with E-state index in [9.17, 15) is 9.59 Å². The van der Waals surface area contributed by atoms with Crippen LogP contribution in [0.4, 0.5) is 0 Å². The van der Waals surface area contributed by atoms with E-state index in [4.69, 9.17) is 9.52 Å². The molecule has 0 spiro atoms. The van der Waals surface area contributed by atoms with Crippen LogP contribution in [0.2, 0.25) is 0 Å². The quantitative estimate of drug-likeness (QED) is 0.910. The average Bonchev–Trinajstić information content (AvgIpc) is 2.37. The van der Waals surface area contributed by atoms with Crippen molar-refractivity contribution in [1.29, 1.82) is 0 Å². The Labute approximate surface area is 116 Å². The van der Waals surface area contributed by atoms with E-state index in [2.05, 4.69) is 20.8 Å². The number of carbonyl (C=O) groups is 1. The minimum Gasteiger partial charge on any atom is -0.475 e. The lowest BCUT2D eigenvalue weighted by Crippen LogP contribution is -2.10. The molecule has 0 amide bonds. The van der Waals surface area contributed by atoms with Crippen molar-refractivity contribution in [2.75, 3.05) is 0 Å². The molecule has 0 radical (unpaired) electrons. The van der Waals surface area contributed by atoms with Gasteiger partial charge in [0.2, 0.25) is 5.76 Å². The van der Waals surface area contributed by atoms with Crippen molar-refractivity contribution in [3.8, 4) is 11.3 Å². The maximum absolute atomic E-state index is 11.5. The Morgan fingerprint density at radius 2 is 1.70 bits per heavy atom. The summed E-state index contributed by atoms with van der Waals surface area (Å²) in [7, 11) is 0. The zero-order chi connectivity index (χ0) is 14.9. The Morgan fingerprint density at radius 3 is 2.20 bits per heavy atom. The predicted molar refractivity (Wildman–Crippen MR) is 76.1 cm³/mol. The predicted octanol–water partition coefficient (Wildman–Crippen LogP) is 3.30. The third-order valence-electron chi connectivity index (χ3n) is 3.01. The van der Waals surface area contributed by atoms with Gasteiger partial charge < -0.3 is 9.52 Å². The lowest BCUT2D eigenvalue weighted by atomic mass is 9.86. The summed E-state index contributed by atoms with van der Waals surface area (Å²) < 4.78 is 5.23. The highest BCUT2D eigenvalue weighted by atomic mass is 16.4. The van der Waals surface area contributed by atoms with E-state index < -0.39 is 5.97 Å². The molecule has 0 unspecified atom stereocenters. The van der Waals surface area contributed by atoms with Crippen LogP contribution in [0, 0.1) is 0 Å². The number of hydrogen-bond acceptors (Lipinski definition) is 3. The molecule has 104 valence electrons. The van der Waals surface area contributed by atoms with E-state index in [1.54, 1.807) is 0 Å². The molecule has 1 aromatic carbocycles. The van der Waals surface area contributed by atoms with Gasteiger partial charge in [0.1, 0.15) is 5.76 Å². The molecule has 0 saturated carbocycles. The lowest BCUT2D eigenvalue weighted by Gasteiger charge is -2.19. The molecular weight excluding hydrogens is 256 g/mol. The van der Waals surface area contributed by atoms with E-state index in [1.165, 1.54) is 6.07 Å². The molecule has 0 atom stereocenters. The number of carboxylic acid groups (broad SMARTS) is 1. The second-order valence-corrected chi connectivity index (χ2v) is 5.65. The molecule has 0 bridgehead atoms. The molecule has 20 heavy (non-hydrogen) atoms. The first-order valence-electron chi connectivity index (χ1n) is 6.27. The Morgan fingerprint density at radius 1 is 1.10 bits per heavy atom. The smallest absolute Gasteiger partial charge is 0.371 e. The largest absolute Gasteiger partial charge is 0.475 e. The summed E-state index contributed by atoms with van der Waals surface area (Å²) in [5.41, 5.74) is 1.47. The fraction of sp³-hybridized carbons (Fsp3) is 0.250. The molecule has 0 aliphatic heterocycles. The Bertz CT molecular complexity index is 688. The van der Waals surface area contributed by atoms with Crippen LogP contribution in [-0.2, 0) is 5.41 Å². The van der Waals surface area contributed by atoms with Crippen molar-refractivity contribution in [2.24, 2.45) is 0 Å². The summed E-state index contributed by atoms with van der Waals surface area (Å²) in [5.74, 6) is -1.35. The first kappa shape index (κ1) is 14.1. The molecule has 0 saturated heterocycles. The Hall–Kier alpha value is -2.36. The minimum atomic E-state index is -1.25. The van der Waals surface area contributed by atoms with Gasteiger partial charge in [-0.1, -0.05) is 45.0 Å². The highest BCUT2D eigenvalue weighted by Gasteiger charge is 2.14. The Balaban J connectivity index is 2.47. The number of carboxylic acids is 1. The van der Waals surface area contributed by atoms with Crippen LogP contribution in [0.15, 0.2) is 45.6 Å². The van der Waals surface area contributed by atoms with Crippen molar-refractivity contribution in [3.05, 3.63) is 57.9 Å². The maximum atomic E-state index is 11.5. The molecule has 1 heterocycles. The number of hydrogen-bond donors (Lipinski definition) is 1. The summed E-state index contributed by atoms with van der Waals surface area (Å²) in [6.07, 6.45) is 0. The first-order valence-corrected chi connectivity index (χ1v) is 6.27. The summed E-state index contributed by atoms with van der Waals surface area (Å²) in [4.78, 5) is 22.4. The van der Waals surface area contributed by atoms with Crippen LogP contribution in [-0.4, -0.2) is 11.1 Å². The molecular formula is C16H16O4. The van der Waals surface area contributed by atoms with Crippen molar-refractivity contribution >= 4 is 5.97 Å². The molecule has 4 nitrogen and oxygen atoms in total. The zero-order valence-electron chi connectivity index (χ0n) is 11.6. The van der Waals surface area contributed by atoms with Crippen LogP contribution in [0.3, 0.4) is 0 Å². The SMILES string of the molecule is CC(C)(C)c1ccc(-c2cc(=O)cc(C(=O)O)o2)cc1. The minimum absolute atomic E-state index is 0.0300. The van der Waals surface area contributed by atoms with Gasteiger partial charge in [0, 0.05) is 17.7 Å². The second kappa shape index (κ2) is 4.96. The monoisotopic (exact) mass is 272 g/mol. The summed E-state index contributed by atoms with van der Waals surface area (Å²) in [5, 5.41) is 8.90. The lowest BCUT2D eigenvalue weighted by molar-refractivity contribution is 0.0660. The van der Waals surface area contributed by atoms with Gasteiger partial charge >= 0.3 is 5.97 Å². The number of aromatic carboxylic acids is 1. The molecule has 0 aliphatic rings. The average molecular weight is 272 g/mol. The molecule has 1 aromatic heterocycles. The normalized spacial score (nSPS) is 11.3. The van der Waals surface area contributed by atoms with Gasteiger partial charge in [0.05, 0.1) is 0 Å². The van der Waals surface area contributed by atoms with Gasteiger partial charge in [-0.2, -0.15) is 0 Å². The van der Waals surface area contributed by atoms with Crippen molar-refractivity contribution in [3.63, 3.8) is 0 Å². The van der Waals surface area contributed by atoms with Crippen LogP contribution >= 0.6 is 0 Å². The van der Waals surface area contributed by atoms with Gasteiger partial charge in [0.15, 0.2) is 5.43 Å². The van der Waals surface area contributed by atoms with Crippen LogP contribution in [0.25, 0.3) is 11.3 Å². The molecule has 2 aromatic rings. The highest BCUT2D eigenvalue weighted by Crippen LogP contribution is 2.26. The maximum Gasteiger partial charge on any atom is 0.371 e. The summed E-state index contributed by atoms with van der Waals surface area (Å²) in [6, 6.07) is 9.80. The van der Waals surface area contributed by atoms with Crippen LogP contribution < -0.4 is 5.43 Å². The van der Waals surface area contributed by atoms with E-state index in [0.717, 1.165) is 11.6 Å². The second-order valence-electron chi connectivity index (χ2n) is 5.65. The third-order valence-corrected chi connectivity index (χ3v) is 3.01. The topological polar surface area (TPSA) is 67.5 Å². The van der Waals surface area contributed by atoms with Crippen molar-refractivity contribution < 1.29 is 14.3 Å². The van der Waals surface area contributed by atoms with Crippen LogP contribution in [0.5, 0.6) is 0 Å². The van der Waals surface area contributed by atoms with E-state index >= 15 is 0 Å². The summed E-state index contributed by atoms with van der Waals surface area (Å²) in [6.45, 7) is 6.31. The van der Waals surface area contributed by atoms with Gasteiger partial charge in [-0.3, -0.25) is 4.79 Å². The van der Waals surface area contributed by atoms with Crippen LogP contribution in [0.1, 0.15) is 36.9 Å². The zero-order valence-corrected chi connectivity index (χ0v) is 11.6. The summed E-state index contributed by atoms with van der Waals surface area (Å²) >= 11 is 0. The molecule has 4 heteroatoms. The van der Waals surface area contributed by atoms with Gasteiger partial charge in [-0.15, -0.1) is 0 Å². The van der Waals surface area contributed by atoms with E-state index in [1.807, 2.05) is 24.3 Å². The number of benzene rings is 1. The standard InChI is InChI=1S/C16H16O4/c1-16(2,3)11-6-4-10(5-7-11)13-8-12(17)9-14(20-13)15(18)19/h4-9H,1-3H3,(H,18,19). The number of rotatable bonds is 2. The van der Waals surface area contributed by atoms with Gasteiger partial charge in [-0.25, -0.2) is 4.79 Å². The van der Waals surface area contributed by atoms with E-state index in [-0.39, 0.29) is 22.4 Å². The fourth-order valence-corrected chi connectivity index (χ4v) is 1.86. The molecule has 1 N–H and O–H groups in total. The van der Waals surface area contributed by atoms with Gasteiger partial charge in [-0.05, 0) is 11.0 Å². The first-order chi connectivity index (χ1) is 9.27. The van der Waals surface area contributed by atoms with Crippen molar-refractivity contribution in [2.45, 2.75) is 26.2 Å². The molecule has 2 rings (SSSR count). The highest BCUT2D eigenvalue weighted by molar-refractivity contribution is 5.84. The fourth-order valence-electron chi connectivity index (χ4n) is 1.86. The van der Waals surface area contributed by atoms with Gasteiger partial charge in [0.25, 0.3) is 0 Å². The third kappa shape index (κ3) is 2.96. The molecule has 0 fully saturated rings. The molecule has 0 aliphatic carbocycles. The Kier molecular flexibility index (Phi) is 3.49.